The molecule has 1 aliphatic heterocycles. The number of benzene rings is 2. The number of anilines is 1. The number of imide groups is 1. The van der Waals surface area contributed by atoms with Crippen LogP contribution in [0.5, 0.6) is 0 Å². The molecule has 1 fully saturated rings. The summed E-state index contributed by atoms with van der Waals surface area (Å²) < 4.78 is 0. The zero-order chi connectivity index (χ0) is 18.8. The van der Waals surface area contributed by atoms with Crippen LogP contribution in [0.25, 0.3) is 0 Å². The molecule has 2 aromatic carbocycles. The van der Waals surface area contributed by atoms with Gasteiger partial charge < -0.3 is 0 Å². The Bertz CT molecular complexity index is 841. The zero-order valence-corrected chi connectivity index (χ0v) is 15.2. The van der Waals surface area contributed by atoms with Crippen LogP contribution in [0.15, 0.2) is 48.5 Å². The van der Waals surface area contributed by atoms with E-state index in [2.05, 4.69) is 0 Å². The van der Waals surface area contributed by atoms with Gasteiger partial charge in [-0.1, -0.05) is 48.9 Å². The summed E-state index contributed by atoms with van der Waals surface area (Å²) in [6.07, 6.45) is 0.889. The number of hydrogen-bond donors (Lipinski definition) is 0. The van der Waals surface area contributed by atoms with E-state index < -0.39 is 12.1 Å². The van der Waals surface area contributed by atoms with E-state index in [1.54, 1.807) is 19.1 Å². The molecule has 0 N–H and O–H groups in total. The van der Waals surface area contributed by atoms with Crippen LogP contribution in [0.3, 0.4) is 0 Å². The molecule has 5 heteroatoms. The van der Waals surface area contributed by atoms with Crippen molar-refractivity contribution < 1.29 is 14.4 Å². The molecule has 1 heterocycles. The third-order valence-corrected chi connectivity index (χ3v) is 4.75. The number of aryl methyl sites for hydroxylation is 2. The molecule has 2 aromatic rings. The maximum atomic E-state index is 12.8. The molecular formula is C21H22N2O3. The Kier molecular flexibility index (Phi) is 4.89. The van der Waals surface area contributed by atoms with Gasteiger partial charge in [0.05, 0.1) is 6.54 Å². The Morgan fingerprint density at radius 2 is 1.62 bits per heavy atom. The lowest BCUT2D eigenvalue weighted by Gasteiger charge is -2.19. The lowest BCUT2D eigenvalue weighted by Crippen LogP contribution is -2.37. The summed E-state index contributed by atoms with van der Waals surface area (Å²) in [5.74, 6) is -0.596. The van der Waals surface area contributed by atoms with E-state index in [0.717, 1.165) is 22.4 Å². The monoisotopic (exact) mass is 350 g/mol. The third-order valence-electron chi connectivity index (χ3n) is 4.75. The van der Waals surface area contributed by atoms with Gasteiger partial charge in [-0.3, -0.25) is 19.4 Å². The number of hydrogen-bond acceptors (Lipinski definition) is 3. The largest absolute Gasteiger partial charge is 0.332 e. The summed E-state index contributed by atoms with van der Waals surface area (Å²) in [4.78, 5) is 40.3. The molecule has 1 aliphatic rings. The Hall–Kier alpha value is -2.95. The molecule has 3 amide bonds. The molecule has 5 nitrogen and oxygen atoms in total. The summed E-state index contributed by atoms with van der Waals surface area (Å²) in [6, 6.07) is 13.6. The Balaban J connectivity index is 1.79. The summed E-state index contributed by atoms with van der Waals surface area (Å²) in [6.45, 7) is 5.44. The van der Waals surface area contributed by atoms with E-state index >= 15 is 0 Å². The number of Topliss-reactive ketones (excluding diaryl/α,β-unsaturated/α-hetero) is 1. The van der Waals surface area contributed by atoms with Crippen LogP contribution in [0.4, 0.5) is 10.5 Å². The van der Waals surface area contributed by atoms with Crippen molar-refractivity contribution >= 4 is 23.4 Å². The molecule has 0 aromatic heterocycles. The van der Waals surface area contributed by atoms with E-state index in [9.17, 15) is 14.4 Å². The molecule has 0 saturated carbocycles. The van der Waals surface area contributed by atoms with Gasteiger partial charge in [0.2, 0.25) is 0 Å². The highest BCUT2D eigenvalue weighted by molar-refractivity contribution is 6.16. The maximum absolute atomic E-state index is 12.8. The van der Waals surface area contributed by atoms with E-state index in [1.165, 1.54) is 4.90 Å². The number of amides is 3. The fourth-order valence-corrected chi connectivity index (χ4v) is 3.07. The molecule has 0 bridgehead atoms. The minimum Gasteiger partial charge on any atom is -0.292 e. The molecular weight excluding hydrogens is 328 g/mol. The van der Waals surface area contributed by atoms with Crippen molar-refractivity contribution in [2.75, 3.05) is 11.4 Å². The molecule has 134 valence electrons. The van der Waals surface area contributed by atoms with Gasteiger partial charge in [-0.2, -0.15) is 0 Å². The average Bonchev–Trinajstić information content (AvgIpc) is 2.86. The zero-order valence-electron chi connectivity index (χ0n) is 15.2. The third kappa shape index (κ3) is 3.25. The van der Waals surface area contributed by atoms with Crippen molar-refractivity contribution in [1.82, 2.24) is 4.90 Å². The van der Waals surface area contributed by atoms with Crippen molar-refractivity contribution in [2.24, 2.45) is 0 Å². The summed E-state index contributed by atoms with van der Waals surface area (Å²) in [5.41, 5.74) is 3.36. The first kappa shape index (κ1) is 17.9. The molecule has 3 rings (SSSR count). The highest BCUT2D eigenvalue weighted by Crippen LogP contribution is 2.26. The molecule has 1 saturated heterocycles. The van der Waals surface area contributed by atoms with Gasteiger partial charge in [-0.05, 0) is 38.0 Å². The minimum absolute atomic E-state index is 0.240. The number of ketones is 1. The topological polar surface area (TPSA) is 57.7 Å². The van der Waals surface area contributed by atoms with Crippen LogP contribution in [0.1, 0.15) is 35.3 Å². The molecule has 0 unspecified atom stereocenters. The van der Waals surface area contributed by atoms with Crippen LogP contribution in [0, 0.1) is 6.92 Å². The predicted octanol–water partition coefficient (Wildman–Crippen LogP) is 3.60. The van der Waals surface area contributed by atoms with Crippen LogP contribution in [-0.2, 0) is 11.2 Å². The van der Waals surface area contributed by atoms with Crippen LogP contribution in [0.2, 0.25) is 0 Å². The van der Waals surface area contributed by atoms with Crippen LogP contribution in [-0.4, -0.2) is 35.2 Å². The summed E-state index contributed by atoms with van der Waals surface area (Å²) in [7, 11) is 0. The number of carbonyl (C=O) groups excluding carboxylic acids is 3. The average molecular weight is 350 g/mol. The lowest BCUT2D eigenvalue weighted by molar-refractivity contribution is -0.126. The number of nitrogens with zero attached hydrogens (tertiary/aromatic N) is 2. The van der Waals surface area contributed by atoms with Gasteiger partial charge in [0, 0.05) is 11.3 Å². The van der Waals surface area contributed by atoms with E-state index in [1.807, 2.05) is 50.2 Å². The Morgan fingerprint density at radius 3 is 2.19 bits per heavy atom. The normalized spacial score (nSPS) is 17.1. The highest BCUT2D eigenvalue weighted by atomic mass is 16.2. The first-order chi connectivity index (χ1) is 12.4. The van der Waals surface area contributed by atoms with Crippen LogP contribution < -0.4 is 4.90 Å². The Labute approximate surface area is 153 Å². The number of carbonyl (C=O) groups is 3. The maximum Gasteiger partial charge on any atom is 0.332 e. The molecule has 26 heavy (non-hydrogen) atoms. The number of rotatable bonds is 5. The second-order valence-electron chi connectivity index (χ2n) is 6.56. The van der Waals surface area contributed by atoms with Gasteiger partial charge in [-0.15, -0.1) is 0 Å². The smallest absolute Gasteiger partial charge is 0.292 e. The first-order valence-electron chi connectivity index (χ1n) is 8.75. The number of urea groups is 1. The second-order valence-corrected chi connectivity index (χ2v) is 6.56. The molecule has 0 spiro atoms. The lowest BCUT2D eigenvalue weighted by atomic mass is 10.1. The predicted molar refractivity (Wildman–Crippen MR) is 100 cm³/mol. The van der Waals surface area contributed by atoms with Crippen molar-refractivity contribution in [3.8, 4) is 0 Å². The quantitative estimate of drug-likeness (QED) is 0.611. The second kappa shape index (κ2) is 7.12. The Morgan fingerprint density at radius 1 is 1.00 bits per heavy atom. The molecule has 0 radical (unpaired) electrons. The molecule has 0 aliphatic carbocycles. The van der Waals surface area contributed by atoms with E-state index in [0.29, 0.717) is 11.3 Å². The van der Waals surface area contributed by atoms with Crippen molar-refractivity contribution in [3.63, 3.8) is 0 Å². The SMILES string of the molecule is CCc1ccc(C(=O)CN2C(=O)[C@H](C)N(c3ccc(C)cc3)C2=O)cc1. The summed E-state index contributed by atoms with van der Waals surface area (Å²) >= 11 is 0. The van der Waals surface area contributed by atoms with Gasteiger partial charge >= 0.3 is 6.03 Å². The van der Waals surface area contributed by atoms with Gasteiger partial charge in [-0.25, -0.2) is 4.79 Å². The van der Waals surface area contributed by atoms with Crippen LogP contribution >= 0.6 is 0 Å². The minimum atomic E-state index is -0.625. The van der Waals surface area contributed by atoms with Crippen molar-refractivity contribution in [2.45, 2.75) is 33.2 Å². The first-order valence-corrected chi connectivity index (χ1v) is 8.75. The summed E-state index contributed by atoms with van der Waals surface area (Å²) in [5, 5.41) is 0. The van der Waals surface area contributed by atoms with Gasteiger partial charge in [0.1, 0.15) is 6.04 Å². The standard InChI is InChI=1S/C21H22N2O3/c1-4-16-7-9-17(10-8-16)19(24)13-22-20(25)15(3)23(21(22)26)18-11-5-14(2)6-12-18/h5-12,15H,4,13H2,1-3H3/t15-/m0/s1. The van der Waals surface area contributed by atoms with E-state index in [4.69, 9.17) is 0 Å². The fraction of sp³-hybridized carbons (Fsp3) is 0.286. The highest BCUT2D eigenvalue weighted by Gasteiger charge is 2.44. The van der Waals surface area contributed by atoms with Crippen molar-refractivity contribution in [1.29, 1.82) is 0 Å². The fourth-order valence-electron chi connectivity index (χ4n) is 3.07. The molecule has 1 atom stereocenters. The van der Waals surface area contributed by atoms with Gasteiger partial charge in [0.25, 0.3) is 5.91 Å². The van der Waals surface area contributed by atoms with Gasteiger partial charge in [0.15, 0.2) is 5.78 Å². The van der Waals surface area contributed by atoms with E-state index in [-0.39, 0.29) is 18.2 Å². The van der Waals surface area contributed by atoms with Crippen molar-refractivity contribution in [3.05, 3.63) is 65.2 Å².